The van der Waals surface area contributed by atoms with Gasteiger partial charge in [-0.2, -0.15) is 0 Å². The van der Waals surface area contributed by atoms with Crippen molar-refractivity contribution in [3.63, 3.8) is 0 Å². The summed E-state index contributed by atoms with van der Waals surface area (Å²) < 4.78 is 0. The molecule has 3 nitrogen and oxygen atoms in total. The number of rotatable bonds is 6. The number of aromatic nitrogens is 1. The van der Waals surface area contributed by atoms with E-state index in [1.807, 2.05) is 12.3 Å². The van der Waals surface area contributed by atoms with Crippen molar-refractivity contribution in [1.29, 1.82) is 0 Å². The van der Waals surface area contributed by atoms with Crippen LogP contribution in [0.15, 0.2) is 18.3 Å². The molecule has 1 aliphatic rings. The van der Waals surface area contributed by atoms with E-state index in [4.69, 9.17) is 0 Å². The Morgan fingerprint density at radius 1 is 1.33 bits per heavy atom. The minimum Gasteiger partial charge on any atom is -0.364 e. The van der Waals surface area contributed by atoms with Gasteiger partial charge in [0.25, 0.3) is 0 Å². The summed E-state index contributed by atoms with van der Waals surface area (Å²) in [7, 11) is 0. The zero-order valence-electron chi connectivity index (χ0n) is 9.34. The number of nitrogens with one attached hydrogen (secondary N) is 2. The number of aromatic amines is 1. The molecule has 0 saturated carbocycles. The average molecular weight is 207 g/mol. The van der Waals surface area contributed by atoms with E-state index in [0.717, 1.165) is 13.1 Å². The molecular weight excluding hydrogens is 186 g/mol. The predicted molar refractivity (Wildman–Crippen MR) is 62.8 cm³/mol. The van der Waals surface area contributed by atoms with Crippen LogP contribution in [0.1, 0.15) is 25.0 Å². The van der Waals surface area contributed by atoms with Gasteiger partial charge in [0.15, 0.2) is 0 Å². The maximum atomic E-state index is 3.45. The van der Waals surface area contributed by atoms with Crippen LogP contribution in [0.2, 0.25) is 0 Å². The Hall–Kier alpha value is -0.800. The molecule has 0 bridgehead atoms. The predicted octanol–water partition coefficient (Wildman–Crippen LogP) is 1.59. The van der Waals surface area contributed by atoms with Crippen molar-refractivity contribution in [3.05, 3.63) is 24.0 Å². The van der Waals surface area contributed by atoms with Crippen LogP contribution in [0, 0.1) is 0 Å². The van der Waals surface area contributed by atoms with E-state index in [2.05, 4.69) is 21.3 Å². The number of hydrogen-bond acceptors (Lipinski definition) is 2. The molecule has 1 fully saturated rings. The van der Waals surface area contributed by atoms with Crippen molar-refractivity contribution in [1.82, 2.24) is 15.2 Å². The highest BCUT2D eigenvalue weighted by Crippen LogP contribution is 2.06. The first-order chi connectivity index (χ1) is 7.45. The first-order valence-electron chi connectivity index (χ1n) is 6.00. The Labute approximate surface area is 91.9 Å². The summed E-state index contributed by atoms with van der Waals surface area (Å²) >= 11 is 0. The minimum absolute atomic E-state index is 0.965. The standard InChI is InChI=1S/C12H21N3/c1-2-9-15(8-1)10-4-6-13-11-12-5-3-7-14-12/h3,5,7,13-14H,1-2,4,6,8-11H2. The zero-order valence-corrected chi connectivity index (χ0v) is 9.34. The second kappa shape index (κ2) is 5.93. The van der Waals surface area contributed by atoms with E-state index in [0.29, 0.717) is 0 Å². The minimum atomic E-state index is 0.965. The highest BCUT2D eigenvalue weighted by Gasteiger charge is 2.09. The average Bonchev–Trinajstić information content (AvgIpc) is 2.88. The molecule has 1 saturated heterocycles. The third-order valence-corrected chi connectivity index (χ3v) is 3.00. The van der Waals surface area contributed by atoms with Gasteiger partial charge in [-0.25, -0.2) is 0 Å². The lowest BCUT2D eigenvalue weighted by atomic mass is 10.3. The van der Waals surface area contributed by atoms with Gasteiger partial charge >= 0.3 is 0 Å². The highest BCUT2D eigenvalue weighted by atomic mass is 15.1. The second-order valence-electron chi connectivity index (χ2n) is 4.27. The Balaban J connectivity index is 1.48. The van der Waals surface area contributed by atoms with E-state index in [1.165, 1.54) is 44.6 Å². The van der Waals surface area contributed by atoms with Gasteiger partial charge in [0.05, 0.1) is 0 Å². The van der Waals surface area contributed by atoms with E-state index in [9.17, 15) is 0 Å². The van der Waals surface area contributed by atoms with E-state index >= 15 is 0 Å². The summed E-state index contributed by atoms with van der Waals surface area (Å²) in [5.41, 5.74) is 1.27. The van der Waals surface area contributed by atoms with Gasteiger partial charge in [-0.05, 0) is 57.6 Å². The van der Waals surface area contributed by atoms with Gasteiger partial charge in [-0.1, -0.05) is 0 Å². The van der Waals surface area contributed by atoms with Crippen LogP contribution in [0.4, 0.5) is 0 Å². The lowest BCUT2D eigenvalue weighted by Gasteiger charge is -2.14. The number of hydrogen-bond donors (Lipinski definition) is 2. The monoisotopic (exact) mass is 207 g/mol. The van der Waals surface area contributed by atoms with E-state index in [-0.39, 0.29) is 0 Å². The second-order valence-corrected chi connectivity index (χ2v) is 4.27. The Morgan fingerprint density at radius 2 is 2.20 bits per heavy atom. The van der Waals surface area contributed by atoms with Gasteiger partial charge in [-0.3, -0.25) is 0 Å². The summed E-state index contributed by atoms with van der Waals surface area (Å²) in [5, 5.41) is 3.45. The van der Waals surface area contributed by atoms with Crippen molar-refractivity contribution in [2.24, 2.45) is 0 Å². The smallest absolute Gasteiger partial charge is 0.0357 e. The Morgan fingerprint density at radius 3 is 2.93 bits per heavy atom. The molecule has 1 aliphatic heterocycles. The highest BCUT2D eigenvalue weighted by molar-refractivity contribution is 5.02. The number of H-pyrrole nitrogens is 1. The Bertz CT molecular complexity index is 250. The fourth-order valence-electron chi connectivity index (χ4n) is 2.13. The molecule has 1 aromatic heterocycles. The van der Waals surface area contributed by atoms with Crippen LogP contribution in [0.5, 0.6) is 0 Å². The first kappa shape index (κ1) is 10.7. The molecule has 1 aromatic rings. The number of likely N-dealkylation sites (tertiary alicyclic amines) is 1. The van der Waals surface area contributed by atoms with Crippen LogP contribution in [0.25, 0.3) is 0 Å². The third kappa shape index (κ3) is 3.68. The van der Waals surface area contributed by atoms with Gasteiger partial charge in [0, 0.05) is 18.4 Å². The molecule has 0 aliphatic carbocycles. The summed E-state index contributed by atoms with van der Waals surface area (Å²) in [6.07, 6.45) is 6.04. The molecule has 2 rings (SSSR count). The molecule has 3 heteroatoms. The summed E-state index contributed by atoms with van der Waals surface area (Å²) in [6.45, 7) is 5.98. The molecule has 15 heavy (non-hydrogen) atoms. The normalized spacial score (nSPS) is 17.3. The zero-order chi connectivity index (χ0) is 10.3. The van der Waals surface area contributed by atoms with Crippen LogP contribution >= 0.6 is 0 Å². The summed E-state index contributed by atoms with van der Waals surface area (Å²) in [4.78, 5) is 5.76. The van der Waals surface area contributed by atoms with Crippen molar-refractivity contribution < 1.29 is 0 Å². The fraction of sp³-hybridized carbons (Fsp3) is 0.667. The molecule has 84 valence electrons. The molecule has 0 amide bonds. The van der Waals surface area contributed by atoms with Crippen molar-refractivity contribution in [3.8, 4) is 0 Å². The van der Waals surface area contributed by atoms with Crippen molar-refractivity contribution in [2.45, 2.75) is 25.8 Å². The maximum Gasteiger partial charge on any atom is 0.0357 e. The topological polar surface area (TPSA) is 31.1 Å². The van der Waals surface area contributed by atoms with Gasteiger partial charge in [-0.15, -0.1) is 0 Å². The van der Waals surface area contributed by atoms with Gasteiger partial charge < -0.3 is 15.2 Å². The summed E-state index contributed by atoms with van der Waals surface area (Å²) in [5.74, 6) is 0. The van der Waals surface area contributed by atoms with E-state index < -0.39 is 0 Å². The third-order valence-electron chi connectivity index (χ3n) is 3.00. The van der Waals surface area contributed by atoms with Crippen LogP contribution < -0.4 is 5.32 Å². The molecular formula is C12H21N3. The summed E-state index contributed by atoms with van der Waals surface area (Å²) in [6, 6.07) is 4.16. The molecule has 0 unspecified atom stereocenters. The molecule has 0 radical (unpaired) electrons. The van der Waals surface area contributed by atoms with Crippen molar-refractivity contribution >= 4 is 0 Å². The lowest BCUT2D eigenvalue weighted by molar-refractivity contribution is 0.331. The molecule has 0 aromatic carbocycles. The first-order valence-corrected chi connectivity index (χ1v) is 6.00. The lowest BCUT2D eigenvalue weighted by Crippen LogP contribution is -2.24. The molecule has 0 spiro atoms. The van der Waals surface area contributed by atoms with Gasteiger partial charge in [0.1, 0.15) is 0 Å². The molecule has 0 atom stereocenters. The Kier molecular flexibility index (Phi) is 4.23. The van der Waals surface area contributed by atoms with E-state index in [1.54, 1.807) is 0 Å². The van der Waals surface area contributed by atoms with Crippen LogP contribution in [-0.2, 0) is 6.54 Å². The van der Waals surface area contributed by atoms with Crippen LogP contribution in [-0.4, -0.2) is 36.1 Å². The maximum absolute atomic E-state index is 3.45. The molecule has 2 heterocycles. The van der Waals surface area contributed by atoms with Gasteiger partial charge in [0.2, 0.25) is 0 Å². The number of nitrogens with zero attached hydrogens (tertiary/aromatic N) is 1. The van der Waals surface area contributed by atoms with Crippen molar-refractivity contribution in [2.75, 3.05) is 26.2 Å². The molecule has 2 N–H and O–H groups in total. The largest absolute Gasteiger partial charge is 0.364 e. The SMILES string of the molecule is c1c[nH]c(CNCCCN2CCCC2)c1. The van der Waals surface area contributed by atoms with Crippen LogP contribution in [0.3, 0.4) is 0 Å². The fourth-order valence-corrected chi connectivity index (χ4v) is 2.13. The quantitative estimate of drug-likeness (QED) is 0.694.